The number of carboxylic acids is 1. The molecule has 3 heterocycles. The van der Waals surface area contributed by atoms with Crippen LogP contribution >= 0.6 is 0 Å². The van der Waals surface area contributed by atoms with Crippen molar-refractivity contribution in [2.75, 3.05) is 13.1 Å². The monoisotopic (exact) mass is 466 g/mol. The third kappa shape index (κ3) is 6.30. The van der Waals surface area contributed by atoms with Gasteiger partial charge < -0.3 is 14.6 Å². The molecular formula is C21H25F3N6O3. The van der Waals surface area contributed by atoms with Gasteiger partial charge in [-0.05, 0) is 37.8 Å². The van der Waals surface area contributed by atoms with Gasteiger partial charge in [0.15, 0.2) is 0 Å². The number of carbonyl (C=O) groups is 2. The molecule has 9 nitrogen and oxygen atoms in total. The Hall–Kier alpha value is -3.44. The fourth-order valence-electron chi connectivity index (χ4n) is 3.75. The number of carboxylic acid groups (broad SMARTS) is 1. The lowest BCUT2D eigenvalue weighted by Crippen LogP contribution is -2.38. The van der Waals surface area contributed by atoms with E-state index >= 15 is 0 Å². The average molecular weight is 466 g/mol. The predicted molar refractivity (Wildman–Crippen MR) is 112 cm³/mol. The van der Waals surface area contributed by atoms with Gasteiger partial charge in [0.1, 0.15) is 11.5 Å². The van der Waals surface area contributed by atoms with E-state index in [9.17, 15) is 18.0 Å². The van der Waals surface area contributed by atoms with E-state index in [0.717, 1.165) is 55.0 Å². The van der Waals surface area contributed by atoms with Crippen molar-refractivity contribution in [3.05, 3.63) is 42.0 Å². The number of hydrogen-bond donors (Lipinski definition) is 1. The van der Waals surface area contributed by atoms with Crippen molar-refractivity contribution in [3.63, 3.8) is 0 Å². The molecule has 1 aliphatic heterocycles. The molecule has 178 valence electrons. The van der Waals surface area contributed by atoms with Gasteiger partial charge >= 0.3 is 12.1 Å². The first-order valence-corrected chi connectivity index (χ1v) is 10.4. The molecule has 4 rings (SSSR count). The highest BCUT2D eigenvalue weighted by atomic mass is 19.4. The summed E-state index contributed by atoms with van der Waals surface area (Å²) in [5, 5.41) is 15.8. The number of para-hydroxylation sites is 2. The summed E-state index contributed by atoms with van der Waals surface area (Å²) >= 11 is 0. The largest absolute Gasteiger partial charge is 0.490 e. The van der Waals surface area contributed by atoms with Gasteiger partial charge in [0, 0.05) is 26.6 Å². The number of benzene rings is 1. The molecule has 33 heavy (non-hydrogen) atoms. The Morgan fingerprint density at radius 3 is 2.42 bits per heavy atom. The first kappa shape index (κ1) is 24.2. The summed E-state index contributed by atoms with van der Waals surface area (Å²) in [6, 6.07) is 8.16. The number of hydrogen-bond acceptors (Lipinski definition) is 5. The summed E-state index contributed by atoms with van der Waals surface area (Å²) in [4.78, 5) is 26.9. The summed E-state index contributed by atoms with van der Waals surface area (Å²) in [6.45, 7) is 6.90. The minimum absolute atomic E-state index is 0.175. The molecule has 3 aromatic rings. The van der Waals surface area contributed by atoms with E-state index in [0.29, 0.717) is 12.5 Å². The molecule has 0 spiro atoms. The highest BCUT2D eigenvalue weighted by Gasteiger charge is 2.38. The maximum atomic E-state index is 11.4. The molecule has 0 aliphatic carbocycles. The molecule has 1 saturated heterocycles. The summed E-state index contributed by atoms with van der Waals surface area (Å²) < 4.78 is 35.9. The quantitative estimate of drug-likeness (QED) is 0.634. The molecule has 0 saturated carbocycles. The van der Waals surface area contributed by atoms with Crippen LogP contribution < -0.4 is 0 Å². The van der Waals surface area contributed by atoms with Crippen LogP contribution in [0.5, 0.6) is 0 Å². The summed E-state index contributed by atoms with van der Waals surface area (Å²) in [5.74, 6) is -1.05. The number of nitrogens with zero attached hydrogens (tertiary/aromatic N) is 6. The van der Waals surface area contributed by atoms with Gasteiger partial charge in [-0.25, -0.2) is 9.78 Å². The molecule has 2 aromatic heterocycles. The number of aryl methyl sites for hydroxylation is 1. The lowest BCUT2D eigenvalue weighted by Gasteiger charge is -2.31. The van der Waals surface area contributed by atoms with Gasteiger partial charge in [-0.15, -0.1) is 5.10 Å². The van der Waals surface area contributed by atoms with Gasteiger partial charge in [-0.1, -0.05) is 17.3 Å². The Balaban J connectivity index is 0.000000383. The first-order chi connectivity index (χ1) is 15.5. The van der Waals surface area contributed by atoms with Crippen LogP contribution in [0.25, 0.3) is 11.0 Å². The molecule has 0 unspecified atom stereocenters. The SMILES string of the molecule is CC(=O)N1CCC(Cn2cc(Cn3c(C)nc4ccccc43)nn2)CC1.O=C(O)C(F)(F)F. The van der Waals surface area contributed by atoms with Crippen LogP contribution in [0.2, 0.25) is 0 Å². The number of aromatic nitrogens is 5. The van der Waals surface area contributed by atoms with E-state index < -0.39 is 12.1 Å². The zero-order chi connectivity index (χ0) is 24.2. The number of likely N-dealkylation sites (tertiary alicyclic amines) is 1. The zero-order valence-corrected chi connectivity index (χ0v) is 18.3. The number of piperidine rings is 1. The lowest BCUT2D eigenvalue weighted by molar-refractivity contribution is -0.192. The van der Waals surface area contributed by atoms with Crippen molar-refractivity contribution >= 4 is 22.9 Å². The highest BCUT2D eigenvalue weighted by Crippen LogP contribution is 2.20. The smallest absolute Gasteiger partial charge is 0.475 e. The van der Waals surface area contributed by atoms with Gasteiger partial charge in [0.2, 0.25) is 5.91 Å². The van der Waals surface area contributed by atoms with Crippen LogP contribution in [0, 0.1) is 12.8 Å². The van der Waals surface area contributed by atoms with Crippen molar-refractivity contribution in [2.24, 2.45) is 5.92 Å². The molecule has 0 bridgehead atoms. The lowest BCUT2D eigenvalue weighted by atomic mass is 9.97. The van der Waals surface area contributed by atoms with Gasteiger partial charge in [0.25, 0.3) is 0 Å². The highest BCUT2D eigenvalue weighted by molar-refractivity contribution is 5.76. The summed E-state index contributed by atoms with van der Waals surface area (Å²) in [5.41, 5.74) is 3.07. The molecular weight excluding hydrogens is 441 g/mol. The summed E-state index contributed by atoms with van der Waals surface area (Å²) in [7, 11) is 0. The van der Waals surface area contributed by atoms with E-state index in [1.807, 2.05) is 40.9 Å². The van der Waals surface area contributed by atoms with E-state index in [-0.39, 0.29) is 5.91 Å². The van der Waals surface area contributed by atoms with Crippen molar-refractivity contribution in [1.29, 1.82) is 0 Å². The molecule has 1 aromatic carbocycles. The van der Waals surface area contributed by atoms with Crippen LogP contribution in [0.15, 0.2) is 30.5 Å². The van der Waals surface area contributed by atoms with Crippen molar-refractivity contribution in [3.8, 4) is 0 Å². The minimum Gasteiger partial charge on any atom is -0.475 e. The molecule has 1 N–H and O–H groups in total. The standard InChI is InChI=1S/C19H24N6O.C2HF3O2/c1-14-20-18-5-3-4-6-19(18)25(14)13-17-12-24(22-21-17)11-16-7-9-23(10-8-16)15(2)26;3-2(4,5)1(6)7/h3-6,12,16H,7-11,13H2,1-2H3;(H,6,7). The summed E-state index contributed by atoms with van der Waals surface area (Å²) in [6.07, 6.45) is -0.994. The Morgan fingerprint density at radius 2 is 1.82 bits per heavy atom. The van der Waals surface area contributed by atoms with Crippen LogP contribution in [-0.4, -0.2) is 65.7 Å². The maximum absolute atomic E-state index is 11.4. The van der Waals surface area contributed by atoms with Gasteiger partial charge in [0.05, 0.1) is 23.8 Å². The molecule has 0 radical (unpaired) electrons. The van der Waals surface area contributed by atoms with E-state index in [1.54, 1.807) is 6.92 Å². The van der Waals surface area contributed by atoms with E-state index in [1.165, 1.54) is 0 Å². The number of imidazole rings is 1. The number of alkyl halides is 3. The Labute approximate surface area is 187 Å². The van der Waals surface area contributed by atoms with Crippen LogP contribution in [0.3, 0.4) is 0 Å². The first-order valence-electron chi connectivity index (χ1n) is 10.4. The predicted octanol–water partition coefficient (Wildman–Crippen LogP) is 2.88. The van der Waals surface area contributed by atoms with Crippen LogP contribution in [-0.2, 0) is 22.7 Å². The number of carbonyl (C=O) groups excluding carboxylic acids is 1. The maximum Gasteiger partial charge on any atom is 0.490 e. The Bertz CT molecular complexity index is 1120. The van der Waals surface area contributed by atoms with E-state index in [2.05, 4.69) is 25.9 Å². The van der Waals surface area contributed by atoms with Crippen molar-refractivity contribution in [2.45, 2.75) is 46.0 Å². The number of rotatable bonds is 4. The fraction of sp³-hybridized carbons (Fsp3) is 0.476. The third-order valence-corrected chi connectivity index (χ3v) is 5.50. The second kappa shape index (κ2) is 10.0. The second-order valence-electron chi connectivity index (χ2n) is 7.92. The number of amides is 1. The average Bonchev–Trinajstić information content (AvgIpc) is 3.32. The van der Waals surface area contributed by atoms with Crippen molar-refractivity contribution < 1.29 is 27.9 Å². The zero-order valence-electron chi connectivity index (χ0n) is 18.3. The molecule has 1 fully saturated rings. The minimum atomic E-state index is -5.08. The normalized spacial score (nSPS) is 14.8. The van der Waals surface area contributed by atoms with E-state index in [4.69, 9.17) is 9.90 Å². The number of halogens is 3. The van der Waals surface area contributed by atoms with Gasteiger partial charge in [-0.3, -0.25) is 9.48 Å². The fourth-order valence-corrected chi connectivity index (χ4v) is 3.75. The topological polar surface area (TPSA) is 106 Å². The van der Waals surface area contributed by atoms with Gasteiger partial charge in [-0.2, -0.15) is 13.2 Å². The Morgan fingerprint density at radius 1 is 1.18 bits per heavy atom. The van der Waals surface area contributed by atoms with Crippen LogP contribution in [0.4, 0.5) is 13.2 Å². The number of fused-ring (bicyclic) bond motifs is 1. The number of aliphatic carboxylic acids is 1. The molecule has 12 heteroatoms. The Kier molecular flexibility index (Phi) is 7.34. The third-order valence-electron chi connectivity index (χ3n) is 5.50. The molecule has 1 amide bonds. The molecule has 0 atom stereocenters. The molecule has 1 aliphatic rings. The van der Waals surface area contributed by atoms with Crippen LogP contribution in [0.1, 0.15) is 31.3 Å². The van der Waals surface area contributed by atoms with Crippen molar-refractivity contribution in [1.82, 2.24) is 29.4 Å². The second-order valence-corrected chi connectivity index (χ2v) is 7.92.